The molecule has 2 aliphatic rings. The van der Waals surface area contributed by atoms with Crippen molar-refractivity contribution in [3.05, 3.63) is 17.7 Å². The van der Waals surface area contributed by atoms with Gasteiger partial charge in [-0.15, -0.1) is 0 Å². The van der Waals surface area contributed by atoms with Gasteiger partial charge in [-0.3, -0.25) is 4.90 Å². The predicted molar refractivity (Wildman–Crippen MR) is 123 cm³/mol. The second-order valence-corrected chi connectivity index (χ2v) is 8.86. The van der Waals surface area contributed by atoms with Crippen LogP contribution in [0.4, 0.5) is 4.79 Å². The topological polar surface area (TPSA) is 126 Å². The van der Waals surface area contributed by atoms with Gasteiger partial charge in [0.05, 0.1) is 33.3 Å². The Morgan fingerprint density at radius 2 is 1.63 bits per heavy atom. The Bertz CT molecular complexity index is 930. The van der Waals surface area contributed by atoms with Gasteiger partial charge in [-0.25, -0.2) is 24.2 Å². The third-order valence-corrected chi connectivity index (χ3v) is 6.78. The Morgan fingerprint density at radius 3 is 2.29 bits per heavy atom. The fourth-order valence-corrected chi connectivity index (χ4v) is 5.25. The Kier molecular flexibility index (Phi) is 9.11. The van der Waals surface area contributed by atoms with Crippen molar-refractivity contribution in [2.45, 2.75) is 59.0 Å². The largest absolute Gasteiger partial charge is 0.464 e. The van der Waals surface area contributed by atoms with Crippen molar-refractivity contribution in [2.24, 2.45) is 17.8 Å². The van der Waals surface area contributed by atoms with E-state index in [1.54, 1.807) is 25.3 Å². The van der Waals surface area contributed by atoms with Crippen LogP contribution in [-0.4, -0.2) is 78.0 Å². The summed E-state index contributed by atoms with van der Waals surface area (Å²) in [6.07, 6.45) is 4.00. The number of rotatable bonds is 8. The van der Waals surface area contributed by atoms with E-state index >= 15 is 0 Å². The molecule has 1 saturated carbocycles. The smallest absolute Gasteiger partial charge is 0.410 e. The molecule has 3 rings (SSSR count). The van der Waals surface area contributed by atoms with Crippen LogP contribution in [0.5, 0.6) is 0 Å². The van der Waals surface area contributed by atoms with E-state index in [4.69, 9.17) is 18.9 Å². The lowest BCUT2D eigenvalue weighted by Gasteiger charge is -2.46. The summed E-state index contributed by atoms with van der Waals surface area (Å²) in [5, 5.41) is 0. The van der Waals surface area contributed by atoms with Crippen LogP contribution in [0.25, 0.3) is 0 Å². The summed E-state index contributed by atoms with van der Waals surface area (Å²) in [7, 11) is 1.31. The van der Waals surface area contributed by atoms with Crippen LogP contribution >= 0.6 is 0 Å². The molecule has 4 unspecified atom stereocenters. The van der Waals surface area contributed by atoms with Crippen LogP contribution in [0.1, 0.15) is 67.4 Å². The molecule has 1 amide bonds. The zero-order valence-electron chi connectivity index (χ0n) is 20.9. The molecule has 194 valence electrons. The molecule has 1 aromatic rings. The Morgan fingerprint density at radius 1 is 0.943 bits per heavy atom. The van der Waals surface area contributed by atoms with Gasteiger partial charge in [-0.2, -0.15) is 0 Å². The number of hydrogen-bond donors (Lipinski definition) is 0. The zero-order valence-corrected chi connectivity index (χ0v) is 20.9. The number of aromatic nitrogens is 2. The number of piperidine rings is 1. The summed E-state index contributed by atoms with van der Waals surface area (Å²) < 4.78 is 22.0. The standard InChI is InChI=1S/C24H35N3O8/c1-5-33-21(28)18-11-17-10-15(8-9-16(17)13-27(18)24(31)32-4)12-26-14-25-19(22(29)34-6-2)20(26)23(30)35-7-3/h14-18H,5-13H2,1-4H3. The molecule has 35 heavy (non-hydrogen) atoms. The molecule has 4 atom stereocenters. The molecule has 1 aromatic heterocycles. The third kappa shape index (κ3) is 5.94. The lowest BCUT2D eigenvalue weighted by molar-refractivity contribution is -0.152. The summed E-state index contributed by atoms with van der Waals surface area (Å²) in [5.74, 6) is -1.04. The van der Waals surface area contributed by atoms with E-state index < -0.39 is 30.0 Å². The monoisotopic (exact) mass is 493 g/mol. The Labute approximate surface area is 205 Å². The number of hydrogen-bond acceptors (Lipinski definition) is 9. The van der Waals surface area contributed by atoms with Crippen LogP contribution in [0.15, 0.2) is 6.33 Å². The highest BCUT2D eigenvalue weighted by Crippen LogP contribution is 2.42. The first-order valence-corrected chi connectivity index (χ1v) is 12.2. The summed E-state index contributed by atoms with van der Waals surface area (Å²) in [6, 6.07) is -0.679. The second kappa shape index (κ2) is 12.0. The van der Waals surface area contributed by atoms with Crippen molar-refractivity contribution in [3.63, 3.8) is 0 Å². The quantitative estimate of drug-likeness (QED) is 0.397. The Balaban J connectivity index is 1.77. The van der Waals surface area contributed by atoms with E-state index in [-0.39, 0.29) is 49.0 Å². The molecule has 0 N–H and O–H groups in total. The predicted octanol–water partition coefficient (Wildman–Crippen LogP) is 2.67. The molecule has 0 spiro atoms. The highest BCUT2D eigenvalue weighted by atomic mass is 16.6. The molecule has 1 aliphatic carbocycles. The minimum atomic E-state index is -0.679. The molecule has 1 aliphatic heterocycles. The maximum absolute atomic E-state index is 12.6. The van der Waals surface area contributed by atoms with Crippen molar-refractivity contribution in [2.75, 3.05) is 33.5 Å². The number of carbonyl (C=O) groups excluding carboxylic acids is 4. The number of amides is 1. The van der Waals surface area contributed by atoms with Gasteiger partial charge in [0, 0.05) is 13.1 Å². The fraction of sp³-hybridized carbons (Fsp3) is 0.708. The van der Waals surface area contributed by atoms with Gasteiger partial charge in [-0.1, -0.05) is 0 Å². The molecule has 2 heterocycles. The van der Waals surface area contributed by atoms with Gasteiger partial charge in [0.15, 0.2) is 11.4 Å². The van der Waals surface area contributed by atoms with Gasteiger partial charge < -0.3 is 23.5 Å². The van der Waals surface area contributed by atoms with Crippen LogP contribution in [-0.2, 0) is 30.3 Å². The van der Waals surface area contributed by atoms with Gasteiger partial charge in [-0.05, 0) is 64.2 Å². The zero-order chi connectivity index (χ0) is 25.5. The first kappa shape index (κ1) is 26.5. The fourth-order valence-electron chi connectivity index (χ4n) is 5.25. The van der Waals surface area contributed by atoms with E-state index in [2.05, 4.69) is 4.98 Å². The van der Waals surface area contributed by atoms with E-state index in [9.17, 15) is 19.2 Å². The van der Waals surface area contributed by atoms with E-state index in [0.29, 0.717) is 19.5 Å². The van der Waals surface area contributed by atoms with Gasteiger partial charge >= 0.3 is 24.0 Å². The lowest BCUT2D eigenvalue weighted by atomic mass is 9.69. The van der Waals surface area contributed by atoms with Crippen LogP contribution in [0, 0.1) is 17.8 Å². The number of esters is 3. The number of carbonyl (C=O) groups is 4. The maximum Gasteiger partial charge on any atom is 0.410 e. The Hall–Kier alpha value is -3.11. The molecule has 11 nitrogen and oxygen atoms in total. The van der Waals surface area contributed by atoms with Gasteiger partial charge in [0.1, 0.15) is 6.04 Å². The summed E-state index contributed by atoms with van der Waals surface area (Å²) in [6.45, 7) is 6.63. The minimum absolute atomic E-state index is 0.0484. The molecular weight excluding hydrogens is 458 g/mol. The first-order valence-electron chi connectivity index (χ1n) is 12.2. The number of nitrogens with zero attached hydrogens (tertiary/aromatic N) is 3. The second-order valence-electron chi connectivity index (χ2n) is 8.86. The lowest BCUT2D eigenvalue weighted by Crippen LogP contribution is -2.55. The molecule has 1 saturated heterocycles. The van der Waals surface area contributed by atoms with Crippen molar-refractivity contribution >= 4 is 24.0 Å². The number of fused-ring (bicyclic) bond motifs is 1. The molecule has 0 aromatic carbocycles. The van der Waals surface area contributed by atoms with Crippen molar-refractivity contribution in [3.8, 4) is 0 Å². The highest BCUT2D eigenvalue weighted by Gasteiger charge is 2.45. The molecular formula is C24H35N3O8. The number of imidazole rings is 1. The number of methoxy groups -OCH3 is 1. The van der Waals surface area contributed by atoms with E-state index in [1.165, 1.54) is 18.3 Å². The summed E-state index contributed by atoms with van der Waals surface area (Å²) in [5.41, 5.74) is 0.0464. The summed E-state index contributed by atoms with van der Waals surface area (Å²) >= 11 is 0. The molecule has 2 fully saturated rings. The average Bonchev–Trinajstić information content (AvgIpc) is 3.26. The van der Waals surface area contributed by atoms with Crippen molar-refractivity contribution in [1.29, 1.82) is 0 Å². The average molecular weight is 494 g/mol. The van der Waals surface area contributed by atoms with E-state index in [0.717, 1.165) is 19.3 Å². The molecule has 0 radical (unpaired) electrons. The summed E-state index contributed by atoms with van der Waals surface area (Å²) in [4.78, 5) is 55.5. The SMILES string of the molecule is CCOC(=O)c1ncn(CC2CCC3CN(C(=O)OC)C(C(=O)OCC)CC3C2)c1C(=O)OCC. The first-order chi connectivity index (χ1) is 16.8. The normalized spacial score (nSPS) is 23.7. The van der Waals surface area contributed by atoms with Crippen LogP contribution in [0.2, 0.25) is 0 Å². The minimum Gasteiger partial charge on any atom is -0.464 e. The van der Waals surface area contributed by atoms with Gasteiger partial charge in [0.25, 0.3) is 0 Å². The van der Waals surface area contributed by atoms with Crippen molar-refractivity contribution < 1.29 is 38.1 Å². The van der Waals surface area contributed by atoms with Crippen LogP contribution in [0.3, 0.4) is 0 Å². The third-order valence-electron chi connectivity index (χ3n) is 6.78. The number of likely N-dealkylation sites (tertiary alicyclic amines) is 1. The van der Waals surface area contributed by atoms with Gasteiger partial charge in [0.2, 0.25) is 0 Å². The van der Waals surface area contributed by atoms with E-state index in [1.807, 2.05) is 0 Å². The molecule has 0 bridgehead atoms. The van der Waals surface area contributed by atoms with Crippen LogP contribution < -0.4 is 0 Å². The highest BCUT2D eigenvalue weighted by molar-refractivity contribution is 6.00. The maximum atomic E-state index is 12.6. The molecule has 11 heteroatoms. The number of ether oxygens (including phenoxy) is 4. The van der Waals surface area contributed by atoms with Crippen molar-refractivity contribution in [1.82, 2.24) is 14.5 Å².